The fourth-order valence-corrected chi connectivity index (χ4v) is 4.31. The molecule has 142 valence electrons. The summed E-state index contributed by atoms with van der Waals surface area (Å²) in [5.74, 6) is -0.955. The van der Waals surface area contributed by atoms with Gasteiger partial charge in [0.15, 0.2) is 6.61 Å². The van der Waals surface area contributed by atoms with E-state index in [-0.39, 0.29) is 12.6 Å². The summed E-state index contributed by atoms with van der Waals surface area (Å²) in [4.78, 5) is 25.6. The SMILES string of the molecule is Cc1nn(C)c2sc(C(=O)OCC(=O)NC(C)c3ccc(Cl)cc3Cl)cc12. The van der Waals surface area contributed by atoms with E-state index in [0.717, 1.165) is 21.5 Å². The van der Waals surface area contributed by atoms with Crippen LogP contribution in [-0.4, -0.2) is 28.3 Å². The lowest BCUT2D eigenvalue weighted by atomic mass is 10.1. The first-order chi connectivity index (χ1) is 12.8. The number of amides is 1. The number of hydrogen-bond donors (Lipinski definition) is 1. The summed E-state index contributed by atoms with van der Waals surface area (Å²) in [6.45, 7) is 3.29. The molecule has 1 aromatic carbocycles. The van der Waals surface area contributed by atoms with Crippen LogP contribution in [0.4, 0.5) is 0 Å². The van der Waals surface area contributed by atoms with Crippen molar-refractivity contribution in [3.8, 4) is 0 Å². The minimum Gasteiger partial charge on any atom is -0.451 e. The molecular weight excluding hydrogens is 409 g/mol. The van der Waals surface area contributed by atoms with Gasteiger partial charge in [-0.15, -0.1) is 11.3 Å². The molecule has 1 unspecified atom stereocenters. The molecule has 2 heterocycles. The third-order valence-corrected chi connectivity index (χ3v) is 5.78. The zero-order chi connectivity index (χ0) is 19.7. The minimum absolute atomic E-state index is 0.348. The maximum Gasteiger partial charge on any atom is 0.348 e. The standard InChI is InChI=1S/C18H17Cl2N3O3S/c1-9(12-5-4-11(19)6-14(12)20)21-16(24)8-26-18(25)15-7-13-10(2)22-23(3)17(13)27-15/h4-7,9H,8H2,1-3H3,(H,21,24). The predicted octanol–water partition coefficient (Wildman–Crippen LogP) is 4.28. The first kappa shape index (κ1) is 19.7. The van der Waals surface area contributed by atoms with Crippen LogP contribution in [-0.2, 0) is 16.6 Å². The Bertz CT molecular complexity index is 994. The fourth-order valence-electron chi connectivity index (χ4n) is 2.72. The largest absolute Gasteiger partial charge is 0.451 e. The number of thiophene rings is 1. The highest BCUT2D eigenvalue weighted by molar-refractivity contribution is 7.20. The van der Waals surface area contributed by atoms with Crippen LogP contribution in [0.3, 0.4) is 0 Å². The van der Waals surface area contributed by atoms with Crippen molar-refractivity contribution in [3.63, 3.8) is 0 Å². The number of carbonyl (C=O) groups is 2. The summed E-state index contributed by atoms with van der Waals surface area (Å²) in [7, 11) is 1.82. The molecule has 9 heteroatoms. The Morgan fingerprint density at radius 1 is 1.33 bits per heavy atom. The molecule has 0 bridgehead atoms. The number of hydrogen-bond acceptors (Lipinski definition) is 5. The highest BCUT2D eigenvalue weighted by atomic mass is 35.5. The Hall–Kier alpha value is -2.09. The maximum absolute atomic E-state index is 12.2. The summed E-state index contributed by atoms with van der Waals surface area (Å²) in [6, 6.07) is 6.44. The van der Waals surface area contributed by atoms with E-state index in [1.807, 2.05) is 14.0 Å². The number of nitrogens with one attached hydrogen (secondary N) is 1. The van der Waals surface area contributed by atoms with Gasteiger partial charge in [0.25, 0.3) is 5.91 Å². The second-order valence-corrected chi connectivity index (χ2v) is 7.94. The van der Waals surface area contributed by atoms with Gasteiger partial charge in [0.1, 0.15) is 9.71 Å². The van der Waals surface area contributed by atoms with E-state index in [2.05, 4.69) is 10.4 Å². The number of carbonyl (C=O) groups excluding carboxylic acids is 2. The number of rotatable bonds is 5. The van der Waals surface area contributed by atoms with Crippen LogP contribution in [0, 0.1) is 6.92 Å². The topological polar surface area (TPSA) is 73.2 Å². The van der Waals surface area contributed by atoms with Gasteiger partial charge in [-0.05, 0) is 37.6 Å². The normalized spacial score (nSPS) is 12.2. The molecule has 1 N–H and O–H groups in total. The maximum atomic E-state index is 12.2. The molecule has 2 aromatic heterocycles. The van der Waals surface area contributed by atoms with Crippen molar-refractivity contribution in [2.45, 2.75) is 19.9 Å². The van der Waals surface area contributed by atoms with Crippen molar-refractivity contribution in [1.82, 2.24) is 15.1 Å². The van der Waals surface area contributed by atoms with Gasteiger partial charge in [-0.2, -0.15) is 5.10 Å². The molecule has 0 radical (unpaired) electrons. The lowest BCUT2D eigenvalue weighted by Crippen LogP contribution is -2.31. The summed E-state index contributed by atoms with van der Waals surface area (Å²) in [6.07, 6.45) is 0. The molecule has 0 spiro atoms. The molecule has 0 fully saturated rings. The highest BCUT2D eigenvalue weighted by Gasteiger charge is 2.18. The first-order valence-electron chi connectivity index (χ1n) is 8.11. The van der Waals surface area contributed by atoms with Gasteiger partial charge in [-0.25, -0.2) is 4.79 Å². The number of aryl methyl sites for hydroxylation is 2. The number of aromatic nitrogens is 2. The average Bonchev–Trinajstić information content (AvgIpc) is 3.14. The molecule has 0 aliphatic heterocycles. The number of ether oxygens (including phenoxy) is 1. The summed E-state index contributed by atoms with van der Waals surface area (Å²) in [5.41, 5.74) is 1.57. The van der Waals surface area contributed by atoms with Crippen LogP contribution in [0.15, 0.2) is 24.3 Å². The fraction of sp³-hybridized carbons (Fsp3) is 0.278. The van der Waals surface area contributed by atoms with E-state index < -0.39 is 11.9 Å². The molecular formula is C18H17Cl2N3O3S. The Morgan fingerprint density at radius 2 is 2.07 bits per heavy atom. The van der Waals surface area contributed by atoms with E-state index in [0.29, 0.717) is 14.9 Å². The Morgan fingerprint density at radius 3 is 2.74 bits per heavy atom. The van der Waals surface area contributed by atoms with Crippen LogP contribution in [0.2, 0.25) is 10.0 Å². The Labute approximate surface area is 170 Å². The zero-order valence-electron chi connectivity index (χ0n) is 14.9. The summed E-state index contributed by atoms with van der Waals surface area (Å²) in [5, 5.41) is 8.92. The quantitative estimate of drug-likeness (QED) is 0.618. The van der Waals surface area contributed by atoms with E-state index in [1.165, 1.54) is 11.3 Å². The summed E-state index contributed by atoms with van der Waals surface area (Å²) >= 11 is 13.3. The average molecular weight is 426 g/mol. The van der Waals surface area contributed by atoms with Crippen molar-refractivity contribution in [1.29, 1.82) is 0 Å². The van der Waals surface area contributed by atoms with Crippen molar-refractivity contribution in [3.05, 3.63) is 50.4 Å². The van der Waals surface area contributed by atoms with Gasteiger partial charge in [0.05, 0.1) is 11.7 Å². The summed E-state index contributed by atoms with van der Waals surface area (Å²) < 4.78 is 6.85. The lowest BCUT2D eigenvalue weighted by molar-refractivity contribution is -0.124. The molecule has 3 aromatic rings. The number of halogens is 2. The van der Waals surface area contributed by atoms with Gasteiger partial charge in [0, 0.05) is 22.5 Å². The molecule has 1 atom stereocenters. The first-order valence-corrected chi connectivity index (χ1v) is 9.68. The van der Waals surface area contributed by atoms with E-state index in [9.17, 15) is 9.59 Å². The smallest absolute Gasteiger partial charge is 0.348 e. The third kappa shape index (κ3) is 4.26. The van der Waals surface area contributed by atoms with E-state index in [4.69, 9.17) is 27.9 Å². The van der Waals surface area contributed by atoms with Crippen molar-refractivity contribution in [2.24, 2.45) is 7.05 Å². The monoisotopic (exact) mass is 425 g/mol. The van der Waals surface area contributed by atoms with Gasteiger partial charge in [-0.3, -0.25) is 9.48 Å². The van der Waals surface area contributed by atoms with Crippen molar-refractivity contribution >= 4 is 56.6 Å². The number of fused-ring (bicyclic) bond motifs is 1. The Kier molecular flexibility index (Phi) is 5.74. The molecule has 3 rings (SSSR count). The number of esters is 1. The molecule has 1 amide bonds. The van der Waals surface area contributed by atoms with Crippen LogP contribution in [0.25, 0.3) is 10.2 Å². The van der Waals surface area contributed by atoms with E-state index in [1.54, 1.807) is 35.9 Å². The number of nitrogens with zero attached hydrogens (tertiary/aromatic N) is 2. The van der Waals surface area contributed by atoms with Crippen LogP contribution < -0.4 is 5.32 Å². The molecule has 0 aliphatic rings. The van der Waals surface area contributed by atoms with Crippen molar-refractivity contribution in [2.75, 3.05) is 6.61 Å². The molecule has 0 saturated carbocycles. The molecule has 27 heavy (non-hydrogen) atoms. The number of benzene rings is 1. The minimum atomic E-state index is -0.539. The lowest BCUT2D eigenvalue weighted by Gasteiger charge is -2.16. The third-order valence-electron chi connectivity index (χ3n) is 4.04. The molecule has 0 aliphatic carbocycles. The van der Waals surface area contributed by atoms with E-state index >= 15 is 0 Å². The van der Waals surface area contributed by atoms with Crippen LogP contribution >= 0.6 is 34.5 Å². The molecule has 0 saturated heterocycles. The second-order valence-electron chi connectivity index (χ2n) is 6.07. The van der Waals surface area contributed by atoms with Gasteiger partial charge in [-0.1, -0.05) is 29.3 Å². The molecule has 6 nitrogen and oxygen atoms in total. The highest BCUT2D eigenvalue weighted by Crippen LogP contribution is 2.28. The second kappa shape index (κ2) is 7.88. The zero-order valence-corrected chi connectivity index (χ0v) is 17.2. The van der Waals surface area contributed by atoms with Gasteiger partial charge >= 0.3 is 5.97 Å². The van der Waals surface area contributed by atoms with Gasteiger partial charge < -0.3 is 10.1 Å². The predicted molar refractivity (Wildman–Crippen MR) is 107 cm³/mol. The van der Waals surface area contributed by atoms with Gasteiger partial charge in [0.2, 0.25) is 0 Å². The van der Waals surface area contributed by atoms with Crippen LogP contribution in [0.1, 0.15) is 33.9 Å². The Balaban J connectivity index is 1.59. The van der Waals surface area contributed by atoms with Crippen molar-refractivity contribution < 1.29 is 14.3 Å². The van der Waals surface area contributed by atoms with Crippen LogP contribution in [0.5, 0.6) is 0 Å².